The molecule has 2 aromatic rings. The quantitative estimate of drug-likeness (QED) is 0.536. The highest BCUT2D eigenvalue weighted by atomic mass is 35.5. The maximum Gasteiger partial charge on any atom is 0.232 e. The molecule has 1 aromatic carbocycles. The average molecular weight is 484 g/mol. The van der Waals surface area contributed by atoms with E-state index in [1.54, 1.807) is 18.2 Å². The Bertz CT molecular complexity index is 936. The van der Waals surface area contributed by atoms with Gasteiger partial charge in [0.25, 0.3) is 0 Å². The Morgan fingerprint density at radius 1 is 1.16 bits per heavy atom. The summed E-state index contributed by atoms with van der Waals surface area (Å²) >= 11 is 13.2. The van der Waals surface area contributed by atoms with E-state index in [0.717, 1.165) is 12.8 Å². The van der Waals surface area contributed by atoms with Crippen LogP contribution < -0.4 is 10.6 Å². The number of carbonyl (C=O) groups excluding carboxylic acids is 2. The molecule has 1 aliphatic rings. The number of thioether (sulfide) groups is 1. The van der Waals surface area contributed by atoms with Crippen LogP contribution in [0.15, 0.2) is 23.4 Å². The zero-order valence-corrected chi connectivity index (χ0v) is 20.0. The van der Waals surface area contributed by atoms with Gasteiger partial charge in [0.2, 0.25) is 11.8 Å². The molecule has 31 heavy (non-hydrogen) atoms. The van der Waals surface area contributed by atoms with Crippen molar-refractivity contribution in [1.29, 1.82) is 0 Å². The maximum atomic E-state index is 12.4. The Labute approximate surface area is 196 Å². The molecule has 1 aliphatic carbocycles. The molecule has 10 heteroatoms. The fraction of sp³-hybridized carbons (Fsp3) is 0.524. The highest BCUT2D eigenvalue weighted by molar-refractivity contribution is 7.99. The molecule has 3 rings (SSSR count). The average Bonchev–Trinajstić information content (AvgIpc) is 3.12. The van der Waals surface area contributed by atoms with Crippen molar-refractivity contribution in [3.8, 4) is 0 Å². The highest BCUT2D eigenvalue weighted by Crippen LogP contribution is 2.26. The van der Waals surface area contributed by atoms with Gasteiger partial charge in [-0.15, -0.1) is 10.2 Å². The number of anilines is 1. The molecule has 0 radical (unpaired) electrons. The largest absolute Gasteiger partial charge is 0.352 e. The summed E-state index contributed by atoms with van der Waals surface area (Å²) in [5.41, 5.74) is 0.560. The topological polar surface area (TPSA) is 88.9 Å². The number of carbonyl (C=O) groups is 2. The Morgan fingerprint density at radius 2 is 1.94 bits per heavy atom. The predicted molar refractivity (Wildman–Crippen MR) is 125 cm³/mol. The van der Waals surface area contributed by atoms with Gasteiger partial charge in [0.05, 0.1) is 22.2 Å². The lowest BCUT2D eigenvalue weighted by atomic mass is 9.86. The van der Waals surface area contributed by atoms with Gasteiger partial charge in [-0.25, -0.2) is 0 Å². The van der Waals surface area contributed by atoms with E-state index >= 15 is 0 Å². The van der Waals surface area contributed by atoms with E-state index in [1.165, 1.54) is 24.6 Å². The second-order valence-corrected chi connectivity index (χ2v) is 9.48. The van der Waals surface area contributed by atoms with Crippen LogP contribution in [0.1, 0.15) is 45.4 Å². The monoisotopic (exact) mass is 483 g/mol. The molecule has 1 fully saturated rings. The fourth-order valence-corrected chi connectivity index (χ4v) is 4.84. The molecule has 2 amide bonds. The Hall–Kier alpha value is -1.77. The zero-order valence-electron chi connectivity index (χ0n) is 17.7. The molecule has 1 saturated carbocycles. The number of aromatic nitrogens is 3. The first-order chi connectivity index (χ1) is 14.9. The summed E-state index contributed by atoms with van der Waals surface area (Å²) < 4.78 is 1.86. The zero-order chi connectivity index (χ0) is 22.4. The molecule has 0 saturated heterocycles. The van der Waals surface area contributed by atoms with Crippen LogP contribution >= 0.6 is 35.0 Å². The third-order valence-electron chi connectivity index (χ3n) is 5.42. The van der Waals surface area contributed by atoms with E-state index in [2.05, 4.69) is 27.8 Å². The number of hydrogen-bond donors (Lipinski definition) is 2. The van der Waals surface area contributed by atoms with Crippen molar-refractivity contribution in [3.63, 3.8) is 0 Å². The number of benzene rings is 1. The van der Waals surface area contributed by atoms with Crippen LogP contribution in [-0.4, -0.2) is 38.4 Å². The van der Waals surface area contributed by atoms with Crippen molar-refractivity contribution in [2.24, 2.45) is 5.92 Å². The van der Waals surface area contributed by atoms with E-state index in [1.807, 2.05) is 11.5 Å². The van der Waals surface area contributed by atoms with Crippen LogP contribution in [0.5, 0.6) is 0 Å². The summed E-state index contributed by atoms with van der Waals surface area (Å²) in [4.78, 5) is 24.8. The molecule has 0 spiro atoms. The maximum absolute atomic E-state index is 12.4. The summed E-state index contributed by atoms with van der Waals surface area (Å²) in [6, 6.07) is 5.16. The normalized spacial score (nSPS) is 18.6. The number of amides is 2. The summed E-state index contributed by atoms with van der Waals surface area (Å²) in [6.45, 7) is 4.75. The number of rotatable bonds is 8. The summed E-state index contributed by atoms with van der Waals surface area (Å²) in [6.07, 6.45) is 4.67. The van der Waals surface area contributed by atoms with Gasteiger partial charge >= 0.3 is 0 Å². The van der Waals surface area contributed by atoms with Crippen molar-refractivity contribution >= 4 is 52.5 Å². The van der Waals surface area contributed by atoms with Crippen LogP contribution in [0.3, 0.4) is 0 Å². The molecule has 0 bridgehead atoms. The van der Waals surface area contributed by atoms with Crippen molar-refractivity contribution in [1.82, 2.24) is 20.1 Å². The van der Waals surface area contributed by atoms with E-state index < -0.39 is 0 Å². The standard InChI is InChI=1S/C21H27Cl2N5O2S/c1-3-28-18(11-19(29)24-14-8-9-15(22)16(23)10-14)26-27-21(28)31-12-20(30)25-17-7-5-4-6-13(17)2/h8-10,13,17H,3-7,11-12H2,1-2H3,(H,24,29)(H,25,30)/t13-,17-/m1/s1. The minimum Gasteiger partial charge on any atom is -0.352 e. The van der Waals surface area contributed by atoms with Crippen LogP contribution in [0, 0.1) is 5.92 Å². The number of halogens is 2. The van der Waals surface area contributed by atoms with Crippen LogP contribution in [0.4, 0.5) is 5.69 Å². The first kappa shape index (κ1) is 23.9. The van der Waals surface area contributed by atoms with E-state index in [9.17, 15) is 9.59 Å². The number of nitrogens with zero attached hydrogens (tertiary/aromatic N) is 3. The molecule has 2 atom stereocenters. The molecule has 1 aromatic heterocycles. The Kier molecular flexibility index (Phi) is 8.63. The van der Waals surface area contributed by atoms with Crippen molar-refractivity contribution < 1.29 is 9.59 Å². The van der Waals surface area contributed by atoms with Gasteiger partial charge in [0.15, 0.2) is 5.16 Å². The first-order valence-electron chi connectivity index (χ1n) is 10.5. The molecular formula is C21H27Cl2N5O2S. The molecular weight excluding hydrogens is 457 g/mol. The minimum absolute atomic E-state index is 0.00770. The predicted octanol–water partition coefficient (Wildman–Crippen LogP) is 4.57. The summed E-state index contributed by atoms with van der Waals surface area (Å²) in [7, 11) is 0. The van der Waals surface area contributed by atoms with Gasteiger partial charge in [-0.1, -0.05) is 54.7 Å². The molecule has 0 unspecified atom stereocenters. The third kappa shape index (κ3) is 6.60. The molecule has 2 N–H and O–H groups in total. The highest BCUT2D eigenvalue weighted by Gasteiger charge is 2.23. The first-order valence-corrected chi connectivity index (χ1v) is 12.2. The van der Waals surface area contributed by atoms with Crippen LogP contribution in [0.2, 0.25) is 10.0 Å². The fourth-order valence-electron chi connectivity index (χ4n) is 3.71. The third-order valence-corrected chi connectivity index (χ3v) is 7.13. The number of hydrogen-bond acceptors (Lipinski definition) is 5. The molecule has 0 aliphatic heterocycles. The lowest BCUT2D eigenvalue weighted by Crippen LogP contribution is -2.41. The second-order valence-electron chi connectivity index (χ2n) is 7.72. The molecule has 1 heterocycles. The smallest absolute Gasteiger partial charge is 0.232 e. The van der Waals surface area contributed by atoms with Gasteiger partial charge in [0.1, 0.15) is 5.82 Å². The van der Waals surface area contributed by atoms with Crippen LogP contribution in [0.25, 0.3) is 0 Å². The van der Waals surface area contributed by atoms with E-state index in [0.29, 0.717) is 39.2 Å². The van der Waals surface area contributed by atoms with Gasteiger partial charge < -0.3 is 15.2 Å². The molecule has 7 nitrogen and oxygen atoms in total. The van der Waals surface area contributed by atoms with Gasteiger partial charge in [0, 0.05) is 18.3 Å². The van der Waals surface area contributed by atoms with Crippen LogP contribution in [-0.2, 0) is 22.6 Å². The van der Waals surface area contributed by atoms with Crippen molar-refractivity contribution in [2.45, 2.75) is 63.7 Å². The number of nitrogens with one attached hydrogen (secondary N) is 2. The molecule has 168 valence electrons. The van der Waals surface area contributed by atoms with E-state index in [-0.39, 0.29) is 30.0 Å². The summed E-state index contributed by atoms with van der Waals surface area (Å²) in [5, 5.41) is 15.7. The van der Waals surface area contributed by atoms with E-state index in [4.69, 9.17) is 23.2 Å². The minimum atomic E-state index is -0.235. The second kappa shape index (κ2) is 11.2. The SMILES string of the molecule is CCn1c(CC(=O)Nc2ccc(Cl)c(Cl)c2)nnc1SCC(=O)N[C@@H]1CCCC[C@H]1C. The van der Waals surface area contributed by atoms with Crippen molar-refractivity contribution in [2.75, 3.05) is 11.1 Å². The lowest BCUT2D eigenvalue weighted by Gasteiger charge is -2.29. The Morgan fingerprint density at radius 3 is 2.65 bits per heavy atom. The van der Waals surface area contributed by atoms with Gasteiger partial charge in [-0.2, -0.15) is 0 Å². The summed E-state index contributed by atoms with van der Waals surface area (Å²) in [5.74, 6) is 1.11. The van der Waals surface area contributed by atoms with Gasteiger partial charge in [-0.05, 0) is 43.9 Å². The lowest BCUT2D eigenvalue weighted by molar-refractivity contribution is -0.120. The Balaban J connectivity index is 1.55. The van der Waals surface area contributed by atoms with Gasteiger partial charge in [-0.3, -0.25) is 9.59 Å². The van der Waals surface area contributed by atoms with Crippen molar-refractivity contribution in [3.05, 3.63) is 34.1 Å².